The predicted octanol–water partition coefficient (Wildman–Crippen LogP) is 4.19. The van der Waals surface area contributed by atoms with Gasteiger partial charge < -0.3 is 15.2 Å². The van der Waals surface area contributed by atoms with Crippen LogP contribution in [0.25, 0.3) is 0 Å². The average molecular weight is 696 g/mol. The predicted molar refractivity (Wildman–Crippen MR) is 195 cm³/mol. The first-order valence-electron chi connectivity index (χ1n) is 17.5. The summed E-state index contributed by atoms with van der Waals surface area (Å²) in [4.78, 5) is 59.9. The van der Waals surface area contributed by atoms with E-state index in [1.807, 2.05) is 79.7 Å². The summed E-state index contributed by atoms with van der Waals surface area (Å²) >= 11 is 0. The molecule has 0 radical (unpaired) electrons. The number of benzene rings is 4. The fraction of sp³-hybridized carbons (Fsp3) is 0.268. The molecular formula is C41H38BN3O7. The molecule has 4 aromatic carbocycles. The summed E-state index contributed by atoms with van der Waals surface area (Å²) in [6.07, 6.45) is 2.38. The first-order valence-corrected chi connectivity index (χ1v) is 17.5. The van der Waals surface area contributed by atoms with E-state index in [1.54, 1.807) is 26.0 Å². The van der Waals surface area contributed by atoms with Crippen LogP contribution in [-0.2, 0) is 24.6 Å². The van der Waals surface area contributed by atoms with E-state index >= 15 is 4.79 Å². The fourth-order valence-electron chi connectivity index (χ4n) is 9.36. The van der Waals surface area contributed by atoms with Crippen molar-refractivity contribution >= 4 is 47.6 Å². The summed E-state index contributed by atoms with van der Waals surface area (Å²) in [5, 5.41) is 31.6. The van der Waals surface area contributed by atoms with Crippen molar-refractivity contribution in [3.05, 3.63) is 130 Å². The molecule has 4 aromatic rings. The number of hydrogen-bond donors (Lipinski definition) is 4. The van der Waals surface area contributed by atoms with Crippen molar-refractivity contribution in [1.82, 2.24) is 5.01 Å². The van der Waals surface area contributed by atoms with Gasteiger partial charge in [0.1, 0.15) is 5.75 Å². The molecular weight excluding hydrogens is 657 g/mol. The fourth-order valence-corrected chi connectivity index (χ4v) is 9.36. The maximum Gasteiger partial charge on any atom is 0.488 e. The van der Waals surface area contributed by atoms with Gasteiger partial charge in [-0.2, -0.15) is 5.01 Å². The molecule has 3 fully saturated rings. The molecule has 6 atom stereocenters. The number of anilines is 2. The van der Waals surface area contributed by atoms with Gasteiger partial charge in [0.15, 0.2) is 0 Å². The van der Waals surface area contributed by atoms with Crippen LogP contribution in [0.4, 0.5) is 11.4 Å². The Morgan fingerprint density at radius 2 is 1.48 bits per heavy atom. The van der Waals surface area contributed by atoms with Crippen molar-refractivity contribution in [2.45, 2.75) is 44.9 Å². The Bertz CT molecular complexity index is 2160. The highest BCUT2D eigenvalue weighted by Gasteiger charge is 2.70. The van der Waals surface area contributed by atoms with Crippen LogP contribution in [0.1, 0.15) is 46.6 Å². The number of imide groups is 2. The molecule has 0 bridgehead atoms. The highest BCUT2D eigenvalue weighted by molar-refractivity contribution is 6.58. The zero-order valence-electron chi connectivity index (χ0n) is 29.0. The molecule has 4 aliphatic rings. The van der Waals surface area contributed by atoms with Gasteiger partial charge in [-0.15, -0.1) is 0 Å². The number of allylic oxidation sites excluding steroid dienone is 2. The third-order valence-electron chi connectivity index (χ3n) is 11.7. The summed E-state index contributed by atoms with van der Waals surface area (Å²) in [5.74, 6) is -5.23. The van der Waals surface area contributed by atoms with E-state index in [4.69, 9.17) is 0 Å². The van der Waals surface area contributed by atoms with Crippen molar-refractivity contribution in [3.63, 3.8) is 0 Å². The number of nitrogens with one attached hydrogen (secondary N) is 1. The molecule has 2 heterocycles. The molecule has 0 unspecified atom stereocenters. The molecule has 52 heavy (non-hydrogen) atoms. The average Bonchev–Trinajstić information content (AvgIpc) is 3.52. The second-order valence-electron chi connectivity index (χ2n) is 14.6. The Hall–Kier alpha value is -5.52. The summed E-state index contributed by atoms with van der Waals surface area (Å²) in [6.45, 7) is 5.55. The van der Waals surface area contributed by atoms with Gasteiger partial charge in [-0.1, -0.05) is 83.9 Å². The minimum Gasteiger partial charge on any atom is -0.507 e. The van der Waals surface area contributed by atoms with Gasteiger partial charge in [0.2, 0.25) is 11.8 Å². The molecule has 1 saturated carbocycles. The molecule has 2 aliphatic heterocycles. The summed E-state index contributed by atoms with van der Waals surface area (Å²) < 4.78 is 0. The Morgan fingerprint density at radius 1 is 0.788 bits per heavy atom. The lowest BCUT2D eigenvalue weighted by Crippen LogP contribution is -2.53. The molecule has 8 rings (SSSR count). The van der Waals surface area contributed by atoms with E-state index in [0.717, 1.165) is 26.6 Å². The van der Waals surface area contributed by atoms with Crippen LogP contribution in [-0.4, -0.2) is 50.9 Å². The number of carbonyl (C=O) groups excluding carboxylic acids is 4. The number of carbonyl (C=O) groups is 4. The van der Waals surface area contributed by atoms with Gasteiger partial charge in [-0.3, -0.25) is 29.5 Å². The van der Waals surface area contributed by atoms with Crippen LogP contribution in [0.15, 0.2) is 103 Å². The molecule has 2 saturated heterocycles. The number of amides is 4. The molecule has 0 spiro atoms. The highest BCUT2D eigenvalue weighted by atomic mass is 16.4. The van der Waals surface area contributed by atoms with Crippen molar-refractivity contribution < 1.29 is 34.3 Å². The van der Waals surface area contributed by atoms with Gasteiger partial charge in [0.25, 0.3) is 11.8 Å². The number of hydrogen-bond acceptors (Lipinski definition) is 8. The SMILES string of the molecule is Cc1ccc(NN2C(=O)[C@@H]3C[C@@H]4C(=CC[C@@H]5C(=O)N(c6cccc(B(O)O)c6)C(=O)[C@@H]54)[C@H](c4cc(C)c(O)c(C)c4)[C@]3(c3ccccc3)C2=O)cc1. The van der Waals surface area contributed by atoms with Crippen LogP contribution >= 0.6 is 0 Å². The standard InChI is InChI=1S/C41H38BN3O7/c1-22-12-14-28(15-13-22)43-45-38(48)33-21-32-30(16-17-31-34(32)39(49)44(37(31)47)29-11-7-10-27(20-29)42(51)52)35(25-18-23(2)36(46)24(3)19-25)41(33,40(45)50)26-8-5-4-6-9-26/h4-16,18-20,31-35,43,46,51-52H,17,21H2,1-3H3/t31-,32+,33-,34-,35-,41+/m0/s1. The summed E-state index contributed by atoms with van der Waals surface area (Å²) in [5.41, 5.74) is 7.10. The maximum atomic E-state index is 15.3. The number of phenolic OH excluding ortho intramolecular Hbond substituents is 1. The normalized spacial score (nSPS) is 26.6. The lowest BCUT2D eigenvalue weighted by molar-refractivity contribution is -0.138. The number of fused-ring (bicyclic) bond motifs is 4. The second kappa shape index (κ2) is 12.3. The van der Waals surface area contributed by atoms with Crippen molar-refractivity contribution in [2.24, 2.45) is 23.7 Å². The lowest BCUT2D eigenvalue weighted by atomic mass is 9.49. The molecule has 10 nitrogen and oxygen atoms in total. The number of aryl methyl sites for hydroxylation is 3. The molecule has 2 aliphatic carbocycles. The lowest BCUT2D eigenvalue weighted by Gasteiger charge is -2.50. The van der Waals surface area contributed by atoms with Crippen molar-refractivity contribution in [1.29, 1.82) is 0 Å². The molecule has 262 valence electrons. The van der Waals surface area contributed by atoms with Crippen LogP contribution in [0.2, 0.25) is 0 Å². The first-order chi connectivity index (χ1) is 24.9. The third kappa shape index (κ3) is 4.87. The zero-order chi connectivity index (χ0) is 36.6. The van der Waals surface area contributed by atoms with E-state index in [-0.39, 0.29) is 35.6 Å². The number of rotatable bonds is 6. The Balaban J connectivity index is 1.32. The topological polar surface area (TPSA) is 147 Å². The number of nitrogens with zero attached hydrogens (tertiary/aromatic N) is 2. The van der Waals surface area contributed by atoms with Gasteiger partial charge in [0, 0.05) is 5.92 Å². The first kappa shape index (κ1) is 33.6. The smallest absolute Gasteiger partial charge is 0.488 e. The Morgan fingerprint density at radius 3 is 2.15 bits per heavy atom. The van der Waals surface area contributed by atoms with Gasteiger partial charge in [-0.05, 0) is 91.5 Å². The van der Waals surface area contributed by atoms with Crippen molar-refractivity contribution in [3.8, 4) is 5.75 Å². The maximum absolute atomic E-state index is 15.3. The van der Waals surface area contributed by atoms with E-state index in [0.29, 0.717) is 22.4 Å². The van der Waals surface area contributed by atoms with Crippen LogP contribution < -0.4 is 15.8 Å². The summed E-state index contributed by atoms with van der Waals surface area (Å²) in [6, 6.07) is 26.5. The number of hydrazine groups is 1. The van der Waals surface area contributed by atoms with E-state index in [1.165, 1.54) is 12.1 Å². The van der Waals surface area contributed by atoms with Crippen LogP contribution in [0, 0.1) is 44.4 Å². The van der Waals surface area contributed by atoms with E-state index < -0.39 is 59.8 Å². The Labute approximate surface area is 301 Å². The second-order valence-corrected chi connectivity index (χ2v) is 14.6. The zero-order valence-corrected chi connectivity index (χ0v) is 29.0. The molecule has 11 heteroatoms. The minimum absolute atomic E-state index is 0.137. The van der Waals surface area contributed by atoms with E-state index in [9.17, 15) is 29.5 Å². The molecule has 4 N–H and O–H groups in total. The number of aromatic hydroxyl groups is 1. The highest BCUT2D eigenvalue weighted by Crippen LogP contribution is 2.64. The quantitative estimate of drug-likeness (QED) is 0.134. The number of phenols is 1. The van der Waals surface area contributed by atoms with Gasteiger partial charge >= 0.3 is 7.12 Å². The Kier molecular flexibility index (Phi) is 7.96. The van der Waals surface area contributed by atoms with Gasteiger partial charge in [-0.25, -0.2) is 0 Å². The molecule has 0 aromatic heterocycles. The van der Waals surface area contributed by atoms with Gasteiger partial charge in [0.05, 0.1) is 34.5 Å². The largest absolute Gasteiger partial charge is 0.507 e. The molecule has 4 amide bonds. The van der Waals surface area contributed by atoms with Crippen LogP contribution in [0.3, 0.4) is 0 Å². The van der Waals surface area contributed by atoms with E-state index in [2.05, 4.69) is 5.43 Å². The monoisotopic (exact) mass is 695 g/mol. The minimum atomic E-state index is -1.78. The van der Waals surface area contributed by atoms with Crippen LogP contribution in [0.5, 0.6) is 5.75 Å². The van der Waals surface area contributed by atoms with Crippen molar-refractivity contribution in [2.75, 3.05) is 10.3 Å². The third-order valence-corrected chi connectivity index (χ3v) is 11.7. The summed E-state index contributed by atoms with van der Waals surface area (Å²) in [7, 11) is -1.78.